The van der Waals surface area contributed by atoms with Gasteiger partial charge in [0.2, 0.25) is 0 Å². The van der Waals surface area contributed by atoms with E-state index < -0.39 is 0 Å². The fourth-order valence-corrected chi connectivity index (χ4v) is 2.39. The molecule has 3 rings (SSSR count). The normalized spacial score (nSPS) is 21.7. The molecule has 1 aliphatic rings. The minimum absolute atomic E-state index is 0.236. The fourth-order valence-electron chi connectivity index (χ4n) is 2.39. The molecule has 0 fully saturated rings. The highest BCUT2D eigenvalue weighted by atomic mass is 14.9. The van der Waals surface area contributed by atoms with Crippen LogP contribution in [-0.4, -0.2) is 4.98 Å². The van der Waals surface area contributed by atoms with E-state index in [1.807, 2.05) is 19.1 Å². The molecule has 1 aromatic carbocycles. The van der Waals surface area contributed by atoms with Crippen LogP contribution in [0.5, 0.6) is 0 Å². The SMILES string of the molecule is Cc1cccc(C2(C)CC=c3ccccc3=N2)n1. The van der Waals surface area contributed by atoms with Crippen LogP contribution in [0.25, 0.3) is 6.08 Å². The second kappa shape index (κ2) is 4.05. The van der Waals surface area contributed by atoms with Crippen LogP contribution >= 0.6 is 0 Å². The number of nitrogens with zero attached hydrogens (tertiary/aromatic N) is 2. The van der Waals surface area contributed by atoms with Crippen molar-refractivity contribution >= 4 is 6.08 Å². The van der Waals surface area contributed by atoms with Gasteiger partial charge in [-0.05, 0) is 43.7 Å². The van der Waals surface area contributed by atoms with Crippen molar-refractivity contribution in [3.8, 4) is 0 Å². The molecule has 0 bridgehead atoms. The number of aromatic nitrogens is 1. The van der Waals surface area contributed by atoms with E-state index in [1.165, 1.54) is 5.22 Å². The van der Waals surface area contributed by atoms with Gasteiger partial charge in [0.1, 0.15) is 5.54 Å². The van der Waals surface area contributed by atoms with Crippen LogP contribution < -0.4 is 10.6 Å². The van der Waals surface area contributed by atoms with Gasteiger partial charge in [0.15, 0.2) is 0 Å². The van der Waals surface area contributed by atoms with E-state index in [1.54, 1.807) is 0 Å². The zero-order valence-corrected chi connectivity index (χ0v) is 10.7. The molecule has 2 heteroatoms. The monoisotopic (exact) mass is 236 g/mol. The molecule has 0 amide bonds. The molecule has 0 aliphatic carbocycles. The Morgan fingerprint density at radius 2 is 1.89 bits per heavy atom. The van der Waals surface area contributed by atoms with Gasteiger partial charge in [0.25, 0.3) is 0 Å². The standard InChI is InChI=1S/C16H16N2/c1-12-6-5-9-15(17-12)16(2)11-10-13-7-3-4-8-14(13)18-16/h3-10H,11H2,1-2H3. The lowest BCUT2D eigenvalue weighted by atomic mass is 9.91. The van der Waals surface area contributed by atoms with Crippen molar-refractivity contribution in [1.82, 2.24) is 4.98 Å². The molecule has 1 unspecified atom stereocenters. The molecule has 1 aromatic heterocycles. The number of pyridine rings is 1. The summed E-state index contributed by atoms with van der Waals surface area (Å²) in [7, 11) is 0. The predicted molar refractivity (Wildman–Crippen MR) is 72.6 cm³/mol. The van der Waals surface area contributed by atoms with E-state index in [2.05, 4.69) is 48.3 Å². The molecule has 2 nitrogen and oxygen atoms in total. The van der Waals surface area contributed by atoms with Gasteiger partial charge in [0, 0.05) is 5.69 Å². The second-order valence-electron chi connectivity index (χ2n) is 5.02. The maximum absolute atomic E-state index is 4.89. The van der Waals surface area contributed by atoms with Crippen molar-refractivity contribution in [3.05, 3.63) is 64.4 Å². The third kappa shape index (κ3) is 1.84. The zero-order valence-electron chi connectivity index (χ0n) is 10.7. The maximum atomic E-state index is 4.89. The summed E-state index contributed by atoms with van der Waals surface area (Å²) in [4.78, 5) is 9.52. The van der Waals surface area contributed by atoms with E-state index in [-0.39, 0.29) is 5.54 Å². The smallest absolute Gasteiger partial charge is 0.104 e. The molecule has 0 spiro atoms. The highest BCUT2D eigenvalue weighted by Crippen LogP contribution is 2.28. The molecule has 2 heterocycles. The first-order chi connectivity index (χ1) is 8.67. The summed E-state index contributed by atoms with van der Waals surface area (Å²) >= 11 is 0. The Labute approximate surface area is 107 Å². The highest BCUT2D eigenvalue weighted by molar-refractivity contribution is 5.33. The quantitative estimate of drug-likeness (QED) is 0.744. The van der Waals surface area contributed by atoms with Gasteiger partial charge in [-0.25, -0.2) is 0 Å². The number of para-hydroxylation sites is 1. The highest BCUT2D eigenvalue weighted by Gasteiger charge is 2.27. The Morgan fingerprint density at radius 3 is 2.72 bits per heavy atom. The number of rotatable bonds is 1. The summed E-state index contributed by atoms with van der Waals surface area (Å²) in [5, 5.41) is 2.29. The number of hydrogen-bond donors (Lipinski definition) is 0. The molecule has 0 radical (unpaired) electrons. The van der Waals surface area contributed by atoms with Crippen LogP contribution in [0, 0.1) is 6.92 Å². The second-order valence-corrected chi connectivity index (χ2v) is 5.02. The van der Waals surface area contributed by atoms with Crippen LogP contribution in [-0.2, 0) is 5.54 Å². The molecule has 1 aliphatic heterocycles. The summed E-state index contributed by atoms with van der Waals surface area (Å²) in [6, 6.07) is 14.4. The van der Waals surface area contributed by atoms with Gasteiger partial charge in [-0.1, -0.05) is 30.3 Å². The summed E-state index contributed by atoms with van der Waals surface area (Å²) in [6.07, 6.45) is 3.16. The number of fused-ring (bicyclic) bond motifs is 1. The average molecular weight is 236 g/mol. The molecule has 2 aromatic rings. The minimum Gasteiger partial charge on any atom is -0.272 e. The van der Waals surface area contributed by atoms with E-state index in [0.29, 0.717) is 0 Å². The summed E-state index contributed by atoms with van der Waals surface area (Å²) in [6.45, 7) is 4.18. The van der Waals surface area contributed by atoms with Gasteiger partial charge < -0.3 is 0 Å². The van der Waals surface area contributed by atoms with Crippen molar-refractivity contribution < 1.29 is 0 Å². The third-order valence-corrected chi connectivity index (χ3v) is 3.46. The van der Waals surface area contributed by atoms with Gasteiger partial charge in [-0.15, -0.1) is 0 Å². The Morgan fingerprint density at radius 1 is 1.06 bits per heavy atom. The van der Waals surface area contributed by atoms with E-state index in [4.69, 9.17) is 4.99 Å². The van der Waals surface area contributed by atoms with Gasteiger partial charge in [-0.2, -0.15) is 0 Å². The Bertz CT molecular complexity index is 703. The van der Waals surface area contributed by atoms with Crippen LogP contribution in [0.1, 0.15) is 24.7 Å². The molecule has 0 N–H and O–H groups in total. The predicted octanol–water partition coefficient (Wildman–Crippen LogP) is 2.11. The molecule has 90 valence electrons. The molecule has 1 atom stereocenters. The molecule has 18 heavy (non-hydrogen) atoms. The van der Waals surface area contributed by atoms with Crippen molar-refractivity contribution in [2.45, 2.75) is 25.8 Å². The molecule has 0 saturated carbocycles. The minimum atomic E-state index is -0.236. The first-order valence-corrected chi connectivity index (χ1v) is 6.27. The summed E-state index contributed by atoms with van der Waals surface area (Å²) in [5.74, 6) is 0. The van der Waals surface area contributed by atoms with Crippen molar-refractivity contribution in [2.75, 3.05) is 0 Å². The Hall–Kier alpha value is -1.96. The van der Waals surface area contributed by atoms with E-state index in [0.717, 1.165) is 23.2 Å². The van der Waals surface area contributed by atoms with Gasteiger partial charge in [0.05, 0.1) is 11.1 Å². The summed E-state index contributed by atoms with van der Waals surface area (Å²) < 4.78 is 0. The molecule has 0 saturated heterocycles. The molecular formula is C16H16N2. The summed E-state index contributed by atoms with van der Waals surface area (Å²) in [5.41, 5.74) is 1.86. The van der Waals surface area contributed by atoms with E-state index in [9.17, 15) is 0 Å². The van der Waals surface area contributed by atoms with Crippen LogP contribution in [0.4, 0.5) is 0 Å². The largest absolute Gasteiger partial charge is 0.272 e. The van der Waals surface area contributed by atoms with Gasteiger partial charge in [-0.3, -0.25) is 9.98 Å². The average Bonchev–Trinajstić information content (AvgIpc) is 2.38. The lowest BCUT2D eigenvalue weighted by Gasteiger charge is -2.25. The fraction of sp³-hybridized carbons (Fsp3) is 0.250. The number of aryl methyl sites for hydroxylation is 1. The topological polar surface area (TPSA) is 25.2 Å². The van der Waals surface area contributed by atoms with Crippen molar-refractivity contribution in [1.29, 1.82) is 0 Å². The van der Waals surface area contributed by atoms with Gasteiger partial charge >= 0.3 is 0 Å². The lowest BCUT2D eigenvalue weighted by molar-refractivity contribution is 0.478. The number of benzene rings is 1. The third-order valence-electron chi connectivity index (χ3n) is 3.46. The van der Waals surface area contributed by atoms with Crippen LogP contribution in [0.2, 0.25) is 0 Å². The van der Waals surface area contributed by atoms with Crippen LogP contribution in [0.15, 0.2) is 47.5 Å². The van der Waals surface area contributed by atoms with Crippen LogP contribution in [0.3, 0.4) is 0 Å². The van der Waals surface area contributed by atoms with Crippen molar-refractivity contribution in [3.63, 3.8) is 0 Å². The first-order valence-electron chi connectivity index (χ1n) is 6.27. The Balaban J connectivity index is 2.17. The molecular weight excluding hydrogens is 220 g/mol. The van der Waals surface area contributed by atoms with Crippen molar-refractivity contribution in [2.24, 2.45) is 4.99 Å². The first kappa shape index (κ1) is 11.1. The zero-order chi connectivity index (χ0) is 12.6. The lowest BCUT2D eigenvalue weighted by Crippen LogP contribution is -2.35. The maximum Gasteiger partial charge on any atom is 0.104 e. The van der Waals surface area contributed by atoms with E-state index >= 15 is 0 Å². The Kier molecular flexibility index (Phi) is 2.51. The number of hydrogen-bond acceptors (Lipinski definition) is 2.